The zero-order valence-corrected chi connectivity index (χ0v) is 14.3. The van der Waals surface area contributed by atoms with Crippen molar-refractivity contribution in [3.05, 3.63) is 47.8 Å². The second kappa shape index (κ2) is 8.17. The summed E-state index contributed by atoms with van der Waals surface area (Å²) < 4.78 is 37.3. The van der Waals surface area contributed by atoms with E-state index in [0.29, 0.717) is 12.1 Å². The summed E-state index contributed by atoms with van der Waals surface area (Å²) in [5, 5.41) is 0. The minimum Gasteiger partial charge on any atom is -0.299 e. The Morgan fingerprint density at radius 1 is 1.00 bits per heavy atom. The van der Waals surface area contributed by atoms with E-state index in [1.807, 2.05) is 18.2 Å². The van der Waals surface area contributed by atoms with E-state index in [9.17, 15) is 18.0 Å². The average molecular weight is 351 g/mol. The van der Waals surface area contributed by atoms with Gasteiger partial charge in [-0.05, 0) is 31.2 Å². The highest BCUT2D eigenvalue weighted by Gasteiger charge is 2.40. The summed E-state index contributed by atoms with van der Waals surface area (Å²) in [6, 6.07) is 11.0. The van der Waals surface area contributed by atoms with Gasteiger partial charge in [0, 0.05) is 37.4 Å². The number of hydrogen-bond donors (Lipinski definition) is 0. The fourth-order valence-electron chi connectivity index (χ4n) is 4.33. The SMILES string of the molecule is O=C(CCC(F)=C(F)F)C1CC2CCCC(C1)N2Cc1ccccc1. The zero-order valence-electron chi connectivity index (χ0n) is 14.3. The molecule has 0 aliphatic carbocycles. The monoisotopic (exact) mass is 351 g/mol. The van der Waals surface area contributed by atoms with E-state index in [0.717, 1.165) is 32.2 Å². The number of carbonyl (C=O) groups excluding carboxylic acids is 1. The number of halogens is 3. The number of hydrogen-bond acceptors (Lipinski definition) is 2. The van der Waals surface area contributed by atoms with Gasteiger partial charge in [0.15, 0.2) is 5.83 Å². The fourth-order valence-corrected chi connectivity index (χ4v) is 4.33. The Labute approximate surface area is 146 Å². The van der Waals surface area contributed by atoms with E-state index in [4.69, 9.17) is 0 Å². The summed E-state index contributed by atoms with van der Waals surface area (Å²) in [6.07, 6.45) is 1.96. The highest BCUT2D eigenvalue weighted by Crippen LogP contribution is 2.39. The number of ketones is 1. The van der Waals surface area contributed by atoms with Crippen molar-refractivity contribution < 1.29 is 18.0 Å². The minimum absolute atomic E-state index is 0.0624. The zero-order chi connectivity index (χ0) is 17.8. The van der Waals surface area contributed by atoms with Crippen molar-refractivity contribution in [3.63, 3.8) is 0 Å². The molecule has 0 amide bonds. The maximum absolute atomic E-state index is 13.0. The molecule has 3 rings (SSSR count). The van der Waals surface area contributed by atoms with Crippen molar-refractivity contribution >= 4 is 5.78 Å². The number of carbonyl (C=O) groups is 1. The van der Waals surface area contributed by atoms with Gasteiger partial charge in [0.1, 0.15) is 5.78 Å². The third-order valence-corrected chi connectivity index (χ3v) is 5.59. The molecule has 2 saturated heterocycles. The number of Topliss-reactive ketones (excluding diaryl/α,β-unsaturated/α-hetero) is 1. The van der Waals surface area contributed by atoms with E-state index < -0.39 is 18.3 Å². The van der Waals surface area contributed by atoms with Crippen LogP contribution in [0.3, 0.4) is 0 Å². The lowest BCUT2D eigenvalue weighted by Gasteiger charge is -2.48. The van der Waals surface area contributed by atoms with Crippen LogP contribution in [0.2, 0.25) is 0 Å². The Morgan fingerprint density at radius 3 is 2.24 bits per heavy atom. The van der Waals surface area contributed by atoms with Gasteiger partial charge in [-0.15, -0.1) is 0 Å². The maximum Gasteiger partial charge on any atom is 0.301 e. The summed E-state index contributed by atoms with van der Waals surface area (Å²) in [5.41, 5.74) is 1.27. The molecule has 1 aromatic carbocycles. The highest BCUT2D eigenvalue weighted by atomic mass is 19.3. The van der Waals surface area contributed by atoms with Crippen molar-refractivity contribution in [1.29, 1.82) is 0 Å². The van der Waals surface area contributed by atoms with Gasteiger partial charge in [-0.3, -0.25) is 9.69 Å². The molecule has 2 heterocycles. The standard InChI is InChI=1S/C20H24F3NO/c21-18(20(22)23)9-10-19(25)15-11-16-7-4-8-17(12-15)24(16)13-14-5-2-1-3-6-14/h1-3,5-6,15-17H,4,7-13H2. The van der Waals surface area contributed by atoms with Crippen LogP contribution in [-0.2, 0) is 11.3 Å². The van der Waals surface area contributed by atoms with Crippen molar-refractivity contribution in [2.45, 2.75) is 63.6 Å². The summed E-state index contributed by atoms with van der Waals surface area (Å²) >= 11 is 0. The number of fused-ring (bicyclic) bond motifs is 2. The van der Waals surface area contributed by atoms with E-state index in [-0.39, 0.29) is 18.1 Å². The predicted molar refractivity (Wildman–Crippen MR) is 90.7 cm³/mol. The first kappa shape index (κ1) is 18.2. The van der Waals surface area contributed by atoms with Gasteiger partial charge >= 0.3 is 6.08 Å². The Balaban J connectivity index is 1.61. The van der Waals surface area contributed by atoms with Gasteiger partial charge < -0.3 is 0 Å². The lowest BCUT2D eigenvalue weighted by Crippen LogP contribution is -2.52. The second-order valence-corrected chi connectivity index (χ2v) is 7.20. The molecule has 0 N–H and O–H groups in total. The maximum atomic E-state index is 13.0. The van der Waals surface area contributed by atoms with Gasteiger partial charge in [0.25, 0.3) is 0 Å². The number of piperidine rings is 2. The first-order valence-electron chi connectivity index (χ1n) is 9.06. The summed E-state index contributed by atoms with van der Waals surface area (Å²) in [5.74, 6) is -1.62. The van der Waals surface area contributed by atoms with Crippen LogP contribution in [0.5, 0.6) is 0 Å². The molecule has 0 aromatic heterocycles. The van der Waals surface area contributed by atoms with Crippen LogP contribution in [0.25, 0.3) is 0 Å². The molecule has 1 aromatic rings. The van der Waals surface area contributed by atoms with Crippen LogP contribution in [0, 0.1) is 5.92 Å². The highest BCUT2D eigenvalue weighted by molar-refractivity contribution is 5.81. The van der Waals surface area contributed by atoms with Gasteiger partial charge in [-0.25, -0.2) is 4.39 Å². The van der Waals surface area contributed by atoms with E-state index in [1.54, 1.807) is 0 Å². The van der Waals surface area contributed by atoms with Crippen LogP contribution in [0.4, 0.5) is 13.2 Å². The molecule has 2 nitrogen and oxygen atoms in total. The third-order valence-electron chi connectivity index (χ3n) is 5.59. The van der Waals surface area contributed by atoms with E-state index in [2.05, 4.69) is 17.0 Å². The number of benzene rings is 1. The Bertz CT molecular complexity index is 613. The molecule has 0 radical (unpaired) electrons. The first-order chi connectivity index (χ1) is 12.0. The molecule has 0 spiro atoms. The molecule has 2 aliphatic rings. The minimum atomic E-state index is -2.30. The topological polar surface area (TPSA) is 20.3 Å². The van der Waals surface area contributed by atoms with Gasteiger partial charge in [-0.1, -0.05) is 36.8 Å². The predicted octanol–water partition coefficient (Wildman–Crippen LogP) is 5.25. The summed E-state index contributed by atoms with van der Waals surface area (Å²) in [7, 11) is 0. The smallest absolute Gasteiger partial charge is 0.299 e. The van der Waals surface area contributed by atoms with Crippen LogP contribution in [0.1, 0.15) is 50.5 Å². The molecule has 2 bridgehead atoms. The molecular formula is C20H24F3NO. The molecule has 5 heteroatoms. The molecule has 136 valence electrons. The largest absolute Gasteiger partial charge is 0.301 e. The lowest BCUT2D eigenvalue weighted by atomic mass is 9.76. The normalized spacial score (nSPS) is 26.3. The second-order valence-electron chi connectivity index (χ2n) is 7.20. The van der Waals surface area contributed by atoms with Crippen molar-refractivity contribution in [1.82, 2.24) is 4.90 Å². The quantitative estimate of drug-likeness (QED) is 0.698. The van der Waals surface area contributed by atoms with Crippen LogP contribution in [0.15, 0.2) is 42.2 Å². The molecule has 2 fully saturated rings. The molecule has 2 unspecified atom stereocenters. The van der Waals surface area contributed by atoms with Crippen LogP contribution >= 0.6 is 0 Å². The third kappa shape index (κ3) is 4.51. The van der Waals surface area contributed by atoms with Crippen LogP contribution < -0.4 is 0 Å². The first-order valence-corrected chi connectivity index (χ1v) is 9.06. The van der Waals surface area contributed by atoms with Gasteiger partial charge in [-0.2, -0.15) is 8.78 Å². The average Bonchev–Trinajstić information content (AvgIpc) is 2.59. The van der Waals surface area contributed by atoms with Crippen LogP contribution in [-0.4, -0.2) is 22.8 Å². The summed E-state index contributed by atoms with van der Waals surface area (Å²) in [4.78, 5) is 14.9. The Hall–Kier alpha value is -1.62. The van der Waals surface area contributed by atoms with Crippen molar-refractivity contribution in [2.75, 3.05) is 0 Å². The molecule has 25 heavy (non-hydrogen) atoms. The van der Waals surface area contributed by atoms with Gasteiger partial charge in [0.2, 0.25) is 0 Å². The lowest BCUT2D eigenvalue weighted by molar-refractivity contribution is -0.127. The van der Waals surface area contributed by atoms with Crippen molar-refractivity contribution in [2.24, 2.45) is 5.92 Å². The Kier molecular flexibility index (Phi) is 5.94. The van der Waals surface area contributed by atoms with Crippen molar-refractivity contribution in [3.8, 4) is 0 Å². The Morgan fingerprint density at radius 2 is 1.64 bits per heavy atom. The summed E-state index contributed by atoms with van der Waals surface area (Å²) in [6.45, 7) is 0.890. The van der Waals surface area contributed by atoms with E-state index >= 15 is 0 Å². The number of nitrogens with zero attached hydrogens (tertiary/aromatic N) is 1. The van der Waals surface area contributed by atoms with E-state index in [1.165, 1.54) is 12.0 Å². The van der Waals surface area contributed by atoms with Gasteiger partial charge in [0.05, 0.1) is 0 Å². The fraction of sp³-hybridized carbons (Fsp3) is 0.550. The molecule has 2 atom stereocenters. The molecular weight excluding hydrogens is 327 g/mol. The molecule has 0 saturated carbocycles. The number of rotatable bonds is 6. The number of allylic oxidation sites excluding steroid dienone is 1. The molecule has 2 aliphatic heterocycles.